The van der Waals surface area contributed by atoms with Crippen LogP contribution in [0.25, 0.3) is 0 Å². The monoisotopic (exact) mass is 396 g/mol. The van der Waals surface area contributed by atoms with E-state index in [0.717, 1.165) is 0 Å². The lowest BCUT2D eigenvalue weighted by molar-refractivity contribution is 0.0636. The molecule has 128 valence electrons. The standard InChI is InChI=1S/C17H18BrFN2O3/c1-17(2,3)24-16(22)21-12-4-5-14(20)15(9-12)23-13-7-10(18)6-11(19)8-13/h4-9H,20H2,1-3H3,(H,21,22). The molecule has 0 heterocycles. The van der Waals surface area contributed by atoms with E-state index < -0.39 is 17.5 Å². The van der Waals surface area contributed by atoms with E-state index in [1.165, 1.54) is 18.2 Å². The molecule has 0 aliphatic rings. The number of anilines is 2. The summed E-state index contributed by atoms with van der Waals surface area (Å²) >= 11 is 3.20. The van der Waals surface area contributed by atoms with Crippen molar-refractivity contribution in [2.45, 2.75) is 26.4 Å². The van der Waals surface area contributed by atoms with Gasteiger partial charge in [0.2, 0.25) is 0 Å². The topological polar surface area (TPSA) is 73.6 Å². The van der Waals surface area contributed by atoms with Crippen molar-refractivity contribution in [3.05, 3.63) is 46.7 Å². The van der Waals surface area contributed by atoms with Crippen LogP contribution in [0.3, 0.4) is 0 Å². The molecule has 7 heteroatoms. The van der Waals surface area contributed by atoms with Gasteiger partial charge in [0.1, 0.15) is 17.2 Å². The normalized spacial score (nSPS) is 11.0. The molecule has 0 radical (unpaired) electrons. The van der Waals surface area contributed by atoms with Crippen molar-refractivity contribution >= 4 is 33.4 Å². The smallest absolute Gasteiger partial charge is 0.412 e. The Morgan fingerprint density at radius 3 is 2.54 bits per heavy atom. The van der Waals surface area contributed by atoms with Crippen molar-refractivity contribution in [1.82, 2.24) is 0 Å². The van der Waals surface area contributed by atoms with Crippen LogP contribution in [0.2, 0.25) is 0 Å². The zero-order valence-corrected chi connectivity index (χ0v) is 15.1. The summed E-state index contributed by atoms with van der Waals surface area (Å²) in [5, 5.41) is 2.59. The van der Waals surface area contributed by atoms with Crippen LogP contribution in [-0.4, -0.2) is 11.7 Å². The number of amides is 1. The number of ether oxygens (including phenoxy) is 2. The maximum Gasteiger partial charge on any atom is 0.412 e. The van der Waals surface area contributed by atoms with Crippen LogP contribution in [-0.2, 0) is 4.74 Å². The number of hydrogen-bond donors (Lipinski definition) is 2. The lowest BCUT2D eigenvalue weighted by atomic mass is 10.2. The third-order valence-electron chi connectivity index (χ3n) is 2.72. The van der Waals surface area contributed by atoms with Crippen molar-refractivity contribution in [1.29, 1.82) is 0 Å². The number of carbonyl (C=O) groups is 1. The first-order chi connectivity index (χ1) is 11.1. The van der Waals surface area contributed by atoms with E-state index in [2.05, 4.69) is 21.2 Å². The molecule has 0 aromatic heterocycles. The van der Waals surface area contributed by atoms with Crippen molar-refractivity contribution in [2.75, 3.05) is 11.1 Å². The molecule has 2 aromatic carbocycles. The second-order valence-electron chi connectivity index (χ2n) is 6.09. The zero-order valence-electron chi connectivity index (χ0n) is 13.5. The minimum atomic E-state index is -0.606. The first kappa shape index (κ1) is 18.1. The molecule has 0 atom stereocenters. The first-order valence-electron chi connectivity index (χ1n) is 7.16. The maximum absolute atomic E-state index is 13.4. The Kier molecular flexibility index (Phi) is 5.33. The van der Waals surface area contributed by atoms with Crippen LogP contribution in [0.1, 0.15) is 20.8 Å². The fraction of sp³-hybridized carbons (Fsp3) is 0.235. The summed E-state index contributed by atoms with van der Waals surface area (Å²) in [6.07, 6.45) is -0.591. The summed E-state index contributed by atoms with van der Waals surface area (Å²) < 4.78 is 24.8. The van der Waals surface area contributed by atoms with Gasteiger partial charge < -0.3 is 15.2 Å². The van der Waals surface area contributed by atoms with Crippen molar-refractivity contribution in [3.63, 3.8) is 0 Å². The second kappa shape index (κ2) is 7.09. The maximum atomic E-state index is 13.4. The summed E-state index contributed by atoms with van der Waals surface area (Å²) in [5.41, 5.74) is 6.07. The lowest BCUT2D eigenvalue weighted by Crippen LogP contribution is -2.27. The number of hydrogen-bond acceptors (Lipinski definition) is 4. The summed E-state index contributed by atoms with van der Waals surface area (Å²) in [4.78, 5) is 11.8. The number of nitrogens with two attached hydrogens (primary N) is 1. The summed E-state index contributed by atoms with van der Waals surface area (Å²) in [7, 11) is 0. The van der Waals surface area contributed by atoms with Crippen LogP contribution < -0.4 is 15.8 Å². The molecule has 1 amide bonds. The zero-order chi connectivity index (χ0) is 17.9. The van der Waals surface area contributed by atoms with Crippen LogP contribution in [0.5, 0.6) is 11.5 Å². The van der Waals surface area contributed by atoms with Crippen LogP contribution in [0.4, 0.5) is 20.6 Å². The molecule has 0 unspecified atom stereocenters. The van der Waals surface area contributed by atoms with E-state index in [0.29, 0.717) is 21.6 Å². The Morgan fingerprint density at radius 2 is 1.92 bits per heavy atom. The summed E-state index contributed by atoms with van der Waals surface area (Å²) in [5.74, 6) is 0.130. The average molecular weight is 397 g/mol. The van der Waals surface area contributed by atoms with Crippen LogP contribution in [0.15, 0.2) is 40.9 Å². The molecule has 0 bridgehead atoms. The highest BCUT2D eigenvalue weighted by atomic mass is 79.9. The predicted molar refractivity (Wildman–Crippen MR) is 94.9 cm³/mol. The second-order valence-corrected chi connectivity index (χ2v) is 7.00. The fourth-order valence-corrected chi connectivity index (χ4v) is 2.28. The van der Waals surface area contributed by atoms with E-state index in [4.69, 9.17) is 15.2 Å². The van der Waals surface area contributed by atoms with Crippen molar-refractivity contribution < 1.29 is 18.7 Å². The van der Waals surface area contributed by atoms with E-state index >= 15 is 0 Å². The Bertz CT molecular complexity index is 740. The quantitative estimate of drug-likeness (QED) is 0.689. The van der Waals surface area contributed by atoms with Gasteiger partial charge in [-0.15, -0.1) is 0 Å². The molecule has 0 aliphatic carbocycles. The highest BCUT2D eigenvalue weighted by Gasteiger charge is 2.16. The third kappa shape index (κ3) is 5.42. The van der Waals surface area contributed by atoms with Crippen molar-refractivity contribution in [2.24, 2.45) is 0 Å². The van der Waals surface area contributed by atoms with E-state index in [-0.39, 0.29) is 5.75 Å². The van der Waals surface area contributed by atoms with Crippen LogP contribution in [0, 0.1) is 5.82 Å². The minimum Gasteiger partial charge on any atom is -0.455 e. The van der Waals surface area contributed by atoms with Gasteiger partial charge in [0, 0.05) is 22.3 Å². The van der Waals surface area contributed by atoms with Gasteiger partial charge in [-0.25, -0.2) is 9.18 Å². The molecular formula is C17H18BrFN2O3. The SMILES string of the molecule is CC(C)(C)OC(=O)Nc1ccc(N)c(Oc2cc(F)cc(Br)c2)c1. The highest BCUT2D eigenvalue weighted by molar-refractivity contribution is 9.10. The minimum absolute atomic E-state index is 0.281. The van der Waals surface area contributed by atoms with E-state index in [1.807, 2.05) is 0 Å². The average Bonchev–Trinajstić information content (AvgIpc) is 2.39. The Hall–Kier alpha value is -2.28. The number of nitrogens with one attached hydrogen (secondary N) is 1. The van der Waals surface area contributed by atoms with E-state index in [1.54, 1.807) is 39.0 Å². The Labute approximate surface area is 148 Å². The Balaban J connectivity index is 2.18. The largest absolute Gasteiger partial charge is 0.455 e. The molecule has 0 aliphatic heterocycles. The molecule has 24 heavy (non-hydrogen) atoms. The molecule has 5 nitrogen and oxygen atoms in total. The molecule has 0 spiro atoms. The Morgan fingerprint density at radius 1 is 1.21 bits per heavy atom. The number of rotatable bonds is 3. The molecule has 3 N–H and O–H groups in total. The third-order valence-corrected chi connectivity index (χ3v) is 3.18. The van der Waals surface area contributed by atoms with Crippen molar-refractivity contribution in [3.8, 4) is 11.5 Å². The van der Waals surface area contributed by atoms with Gasteiger partial charge in [0.25, 0.3) is 0 Å². The van der Waals surface area contributed by atoms with Gasteiger partial charge in [0.05, 0.1) is 5.69 Å². The number of carbonyl (C=O) groups excluding carboxylic acids is 1. The van der Waals surface area contributed by atoms with Gasteiger partial charge in [0.15, 0.2) is 5.75 Å². The van der Waals surface area contributed by atoms with E-state index in [9.17, 15) is 9.18 Å². The van der Waals surface area contributed by atoms with Gasteiger partial charge >= 0.3 is 6.09 Å². The molecule has 2 aromatic rings. The highest BCUT2D eigenvalue weighted by Crippen LogP contribution is 2.32. The number of nitrogen functional groups attached to an aromatic ring is 1. The molecule has 0 saturated heterocycles. The fourth-order valence-electron chi connectivity index (χ4n) is 1.84. The molecular weight excluding hydrogens is 379 g/mol. The molecule has 2 rings (SSSR count). The predicted octanol–water partition coefficient (Wildman–Crippen LogP) is 5.31. The number of halogens is 2. The molecule has 0 saturated carbocycles. The first-order valence-corrected chi connectivity index (χ1v) is 7.95. The summed E-state index contributed by atoms with van der Waals surface area (Å²) in [6.45, 7) is 5.31. The van der Waals surface area contributed by atoms with Gasteiger partial charge in [-0.1, -0.05) is 15.9 Å². The number of benzene rings is 2. The lowest BCUT2D eigenvalue weighted by Gasteiger charge is -2.20. The van der Waals surface area contributed by atoms with Crippen LogP contribution >= 0.6 is 15.9 Å². The van der Waals surface area contributed by atoms with Gasteiger partial charge in [-0.05, 0) is 45.0 Å². The van der Waals surface area contributed by atoms with Gasteiger partial charge in [-0.3, -0.25) is 5.32 Å². The summed E-state index contributed by atoms with van der Waals surface area (Å²) in [6, 6.07) is 8.90. The van der Waals surface area contributed by atoms with Gasteiger partial charge in [-0.2, -0.15) is 0 Å². The molecule has 0 fully saturated rings.